The molecular formula is C66H94IN7O9. The van der Waals surface area contributed by atoms with E-state index in [0.717, 1.165) is 48.5 Å². The number of aromatic nitrogens is 1. The second kappa shape index (κ2) is 29.8. The number of benzene rings is 2. The number of aryl methyl sites for hydroxylation is 1. The molecule has 0 aliphatic heterocycles. The standard InChI is InChI=1S/C66H93N7O9.HI/c1-40(2)16-14-17-42(5)52-27-28-53-51-26-23-48-37-50(29-31-65(48,8)54(51)30-32-66(52,53)9)82-64(81)57(34-41(3)4)72-63(80)55(35-45-18-12-11-13-19-45)70-58(75)38-67-59(76)43(6)69-62(79)56(36-46-21-24-49(74)25-22-46)71-60(77)44(7)68-61(78)47-20-15-33-73(10)39-47;/h11-13,15,18-25,33,39-44,50-57H,14,16-17,26-32,34-38H2,1-10H3,(H6-,67,68,69,70,71,72,74,75,76,77,78,79,80);1H/t42-,43-,44+,50+,51+,52-,53+,54+,55+,56+,57-,65+,66-;/m1./s1. The number of hydrogen-bond donors (Lipinski definition) is 7. The molecular weight excluding hydrogens is 1160 g/mol. The number of pyridine rings is 1. The summed E-state index contributed by atoms with van der Waals surface area (Å²) in [7, 11) is 1.76. The largest absolute Gasteiger partial charge is 1.00 e. The number of ether oxygens (including phenoxy) is 1. The van der Waals surface area contributed by atoms with Crippen molar-refractivity contribution < 1.29 is 71.9 Å². The molecule has 3 fully saturated rings. The minimum atomic E-state index is -1.22. The van der Waals surface area contributed by atoms with Crippen LogP contribution in [-0.4, -0.2) is 89.4 Å². The molecule has 7 rings (SSSR count). The summed E-state index contributed by atoms with van der Waals surface area (Å²) in [5.41, 5.74) is 3.58. The second-order valence-corrected chi connectivity index (χ2v) is 25.9. The number of nitrogens with one attached hydrogen (secondary N) is 6. The van der Waals surface area contributed by atoms with Gasteiger partial charge in [-0.15, -0.1) is 0 Å². The Bertz CT molecular complexity index is 2760. The summed E-state index contributed by atoms with van der Waals surface area (Å²) in [4.78, 5) is 96.0. The number of phenolic OH excluding ortho intramolecular Hbond substituents is 1. The molecule has 3 aromatic rings. The Balaban J connectivity index is 0.0000111. The number of nitrogens with zero attached hydrogens (tertiary/aromatic N) is 1. The van der Waals surface area contributed by atoms with Gasteiger partial charge in [0.15, 0.2) is 12.4 Å². The van der Waals surface area contributed by atoms with E-state index < -0.39 is 78.2 Å². The highest BCUT2D eigenvalue weighted by molar-refractivity contribution is 5.98. The molecule has 1 aromatic heterocycles. The lowest BCUT2D eigenvalue weighted by atomic mass is 9.47. The van der Waals surface area contributed by atoms with Gasteiger partial charge in [-0.2, -0.15) is 0 Å². The van der Waals surface area contributed by atoms with Gasteiger partial charge in [-0.05, 0) is 147 Å². The third kappa shape index (κ3) is 17.4. The van der Waals surface area contributed by atoms with Crippen LogP contribution in [0.1, 0.15) is 161 Å². The lowest BCUT2D eigenvalue weighted by Crippen LogP contribution is -3.00. The van der Waals surface area contributed by atoms with Gasteiger partial charge in [-0.1, -0.05) is 122 Å². The molecule has 7 N–H and O–H groups in total. The number of aromatic hydroxyl groups is 1. The van der Waals surface area contributed by atoms with Crippen LogP contribution in [0.3, 0.4) is 0 Å². The SMILES string of the molecule is CC(C)CCC[C@@H](C)[C@H]1CC[C@H]2[C@@H]3CC=C4C[C@@H](OC(=O)[C@@H](CC(C)C)NC(=O)[C@H](Cc5ccccc5)NC(=O)CNC(=O)[C@@H](C)NC(=O)[C@H](Cc5ccc(O)cc5)NC(=O)[C@H](C)NC(=O)c5ccc[n+](C)c5)CC[C@]4(C)[C@H]3CC[C@]12C.[I-]. The van der Waals surface area contributed by atoms with Crippen molar-refractivity contribution in [3.63, 3.8) is 0 Å². The maximum Gasteiger partial charge on any atom is 0.328 e. The Hall–Kier alpha value is -5.85. The van der Waals surface area contributed by atoms with Crippen LogP contribution in [0.5, 0.6) is 5.75 Å². The van der Waals surface area contributed by atoms with Gasteiger partial charge in [0.1, 0.15) is 54.7 Å². The number of amides is 6. The van der Waals surface area contributed by atoms with Crippen molar-refractivity contribution in [3.05, 3.63) is 107 Å². The van der Waals surface area contributed by atoms with Crippen LogP contribution < -0.4 is 60.4 Å². The topological polar surface area (TPSA) is 225 Å². The molecule has 2 aromatic carbocycles. The molecule has 17 heteroatoms. The van der Waals surface area contributed by atoms with E-state index in [1.54, 1.807) is 48.3 Å². The molecule has 3 saturated carbocycles. The average molecular weight is 1260 g/mol. The normalized spacial score (nSPS) is 24.7. The predicted octanol–water partition coefficient (Wildman–Crippen LogP) is 4.90. The number of halogens is 1. The fourth-order valence-electron chi connectivity index (χ4n) is 14.4. The first-order chi connectivity index (χ1) is 38.9. The summed E-state index contributed by atoms with van der Waals surface area (Å²) in [6.07, 6.45) is 18.7. The Morgan fingerprint density at radius 2 is 1.33 bits per heavy atom. The molecule has 0 radical (unpaired) electrons. The Morgan fingerprint density at radius 3 is 2.00 bits per heavy atom. The highest BCUT2D eigenvalue weighted by Crippen LogP contribution is 2.67. The lowest BCUT2D eigenvalue weighted by molar-refractivity contribution is -0.671. The predicted molar refractivity (Wildman–Crippen MR) is 315 cm³/mol. The number of allylic oxidation sites excluding steroid dienone is 1. The summed E-state index contributed by atoms with van der Waals surface area (Å²) in [6, 6.07) is 13.0. The summed E-state index contributed by atoms with van der Waals surface area (Å²) in [6.45, 7) is 18.6. The van der Waals surface area contributed by atoms with Crippen molar-refractivity contribution in [2.24, 2.45) is 59.3 Å². The van der Waals surface area contributed by atoms with Gasteiger partial charge in [-0.3, -0.25) is 28.8 Å². The smallest absolute Gasteiger partial charge is 0.328 e. The number of fused-ring (bicyclic) bond motifs is 5. The maximum atomic E-state index is 14.4. The zero-order valence-electron chi connectivity index (χ0n) is 50.7. The first kappa shape index (κ1) is 66.3. The molecule has 0 bridgehead atoms. The summed E-state index contributed by atoms with van der Waals surface area (Å²) in [5.74, 6) is 0.0917. The minimum Gasteiger partial charge on any atom is -1.00 e. The van der Waals surface area contributed by atoms with Gasteiger partial charge in [0.2, 0.25) is 29.5 Å². The van der Waals surface area contributed by atoms with Gasteiger partial charge in [-0.25, -0.2) is 9.36 Å². The highest BCUT2D eigenvalue weighted by atomic mass is 127. The van der Waals surface area contributed by atoms with E-state index in [-0.39, 0.29) is 60.0 Å². The number of carbonyl (C=O) groups excluding carboxylic acids is 7. The summed E-state index contributed by atoms with van der Waals surface area (Å²) < 4.78 is 8.05. The van der Waals surface area contributed by atoms with Crippen molar-refractivity contribution in [2.75, 3.05) is 6.54 Å². The molecule has 0 unspecified atom stereocenters. The molecule has 4 aliphatic rings. The molecule has 13 atom stereocenters. The summed E-state index contributed by atoms with van der Waals surface area (Å²) in [5, 5.41) is 26.1. The number of phenols is 1. The molecule has 16 nitrogen and oxygen atoms in total. The van der Waals surface area contributed by atoms with E-state index in [1.165, 1.54) is 76.5 Å². The molecule has 6 amide bonds. The molecule has 1 heterocycles. The number of esters is 1. The van der Waals surface area contributed by atoms with E-state index in [4.69, 9.17) is 4.74 Å². The van der Waals surface area contributed by atoms with Crippen molar-refractivity contribution in [2.45, 2.75) is 189 Å². The van der Waals surface area contributed by atoms with Crippen LogP contribution in [0, 0.1) is 52.3 Å². The average Bonchev–Trinajstić information content (AvgIpc) is 2.80. The minimum absolute atomic E-state index is 0. The molecule has 454 valence electrons. The van der Waals surface area contributed by atoms with Gasteiger partial charge >= 0.3 is 5.97 Å². The Kier molecular flexibility index (Phi) is 23.8. The van der Waals surface area contributed by atoms with Crippen LogP contribution in [0.4, 0.5) is 0 Å². The van der Waals surface area contributed by atoms with Crippen LogP contribution in [0.25, 0.3) is 0 Å². The third-order valence-electron chi connectivity index (χ3n) is 18.9. The van der Waals surface area contributed by atoms with Crippen molar-refractivity contribution >= 4 is 41.4 Å². The number of hydrogen-bond acceptors (Lipinski definition) is 9. The first-order valence-electron chi connectivity index (χ1n) is 30.4. The molecule has 0 spiro atoms. The lowest BCUT2D eigenvalue weighted by Gasteiger charge is -2.58. The zero-order chi connectivity index (χ0) is 59.5. The van der Waals surface area contributed by atoms with Gasteiger partial charge in [0, 0.05) is 25.3 Å². The van der Waals surface area contributed by atoms with Crippen LogP contribution >= 0.6 is 0 Å². The third-order valence-corrected chi connectivity index (χ3v) is 18.9. The quantitative estimate of drug-likeness (QED) is 0.0265. The fourth-order valence-corrected chi connectivity index (χ4v) is 14.4. The van der Waals surface area contributed by atoms with E-state index in [1.807, 2.05) is 44.2 Å². The summed E-state index contributed by atoms with van der Waals surface area (Å²) >= 11 is 0. The highest BCUT2D eigenvalue weighted by Gasteiger charge is 2.59. The van der Waals surface area contributed by atoms with E-state index in [0.29, 0.717) is 41.2 Å². The van der Waals surface area contributed by atoms with Crippen molar-refractivity contribution in [1.82, 2.24) is 31.9 Å². The van der Waals surface area contributed by atoms with Gasteiger partial charge in [0.25, 0.3) is 5.91 Å². The second-order valence-electron chi connectivity index (χ2n) is 25.9. The maximum absolute atomic E-state index is 14.4. The van der Waals surface area contributed by atoms with Crippen LogP contribution in [-0.2, 0) is 53.4 Å². The molecule has 83 heavy (non-hydrogen) atoms. The Labute approximate surface area is 510 Å². The van der Waals surface area contributed by atoms with Gasteiger partial charge < -0.3 is 65.7 Å². The number of rotatable bonds is 25. The Morgan fingerprint density at radius 1 is 0.675 bits per heavy atom. The van der Waals surface area contributed by atoms with E-state index >= 15 is 0 Å². The van der Waals surface area contributed by atoms with Crippen molar-refractivity contribution in [1.29, 1.82) is 0 Å². The van der Waals surface area contributed by atoms with E-state index in [2.05, 4.69) is 72.6 Å². The van der Waals surface area contributed by atoms with E-state index in [9.17, 15) is 38.7 Å². The first-order valence-corrected chi connectivity index (χ1v) is 30.4. The van der Waals surface area contributed by atoms with Crippen molar-refractivity contribution in [3.8, 4) is 5.75 Å². The number of carbonyl (C=O) groups is 7. The van der Waals surface area contributed by atoms with Crippen LogP contribution in [0.15, 0.2) is 90.8 Å². The van der Waals surface area contributed by atoms with Crippen LogP contribution in [0.2, 0.25) is 0 Å². The molecule has 0 saturated heterocycles. The monoisotopic (exact) mass is 1260 g/mol. The van der Waals surface area contributed by atoms with Gasteiger partial charge in [0.05, 0.1) is 6.54 Å². The fraction of sp³-hybridized carbons (Fsp3) is 0.606. The molecule has 4 aliphatic carbocycles. The zero-order valence-corrected chi connectivity index (χ0v) is 52.9.